The van der Waals surface area contributed by atoms with Crippen molar-refractivity contribution in [3.05, 3.63) is 28.8 Å². The molecule has 0 atom stereocenters. The van der Waals surface area contributed by atoms with Crippen LogP contribution in [0.5, 0.6) is 0 Å². The van der Waals surface area contributed by atoms with Gasteiger partial charge in [0.25, 0.3) is 5.91 Å². The van der Waals surface area contributed by atoms with Gasteiger partial charge in [-0.1, -0.05) is 11.6 Å². The van der Waals surface area contributed by atoms with Gasteiger partial charge >= 0.3 is 5.97 Å². The van der Waals surface area contributed by atoms with E-state index in [0.717, 1.165) is 0 Å². The van der Waals surface area contributed by atoms with E-state index in [1.54, 1.807) is 6.92 Å². The summed E-state index contributed by atoms with van der Waals surface area (Å²) in [5.74, 6) is -0.914. The van der Waals surface area contributed by atoms with Crippen molar-refractivity contribution >= 4 is 29.2 Å². The van der Waals surface area contributed by atoms with Crippen molar-refractivity contribution in [1.29, 1.82) is 0 Å². The number of nitrogen functional groups attached to an aromatic ring is 1. The normalized spacial score (nSPS) is 9.76. The first kappa shape index (κ1) is 13.3. The second kappa shape index (κ2) is 6.10. The monoisotopic (exact) mass is 256 g/mol. The number of carbonyl (C=O) groups excluding carboxylic acids is 2. The van der Waals surface area contributed by atoms with E-state index in [9.17, 15) is 9.59 Å². The smallest absolute Gasteiger partial charge is 0.325 e. The first-order valence-electron chi connectivity index (χ1n) is 5.02. The summed E-state index contributed by atoms with van der Waals surface area (Å²) in [4.78, 5) is 22.6. The molecule has 3 N–H and O–H groups in total. The Bertz CT molecular complexity index is 414. The second-order valence-electron chi connectivity index (χ2n) is 3.26. The molecule has 6 heteroatoms. The molecule has 0 aliphatic rings. The predicted octanol–water partition coefficient (Wildman–Crippen LogP) is 1.22. The molecule has 17 heavy (non-hydrogen) atoms. The molecule has 0 bridgehead atoms. The Hall–Kier alpha value is -1.75. The van der Waals surface area contributed by atoms with Crippen LogP contribution in [0.3, 0.4) is 0 Å². The standard InChI is InChI=1S/C11H13ClN2O3/c1-2-17-10(15)6-14-11(16)7-3-8(12)5-9(13)4-7/h3-5H,2,6,13H2,1H3,(H,14,16). The fourth-order valence-corrected chi connectivity index (χ4v) is 1.45. The summed E-state index contributed by atoms with van der Waals surface area (Å²) in [6, 6.07) is 4.48. The van der Waals surface area contributed by atoms with Crippen LogP contribution in [0.2, 0.25) is 5.02 Å². The molecule has 0 fully saturated rings. The zero-order valence-electron chi connectivity index (χ0n) is 9.33. The van der Waals surface area contributed by atoms with Gasteiger partial charge in [0.05, 0.1) is 6.61 Å². The van der Waals surface area contributed by atoms with Crippen molar-refractivity contribution in [3.8, 4) is 0 Å². The van der Waals surface area contributed by atoms with Crippen LogP contribution >= 0.6 is 11.6 Å². The van der Waals surface area contributed by atoms with Crippen LogP contribution in [-0.4, -0.2) is 25.0 Å². The minimum atomic E-state index is -0.490. The lowest BCUT2D eigenvalue weighted by Gasteiger charge is -2.06. The topological polar surface area (TPSA) is 81.4 Å². The first-order valence-corrected chi connectivity index (χ1v) is 5.40. The fourth-order valence-electron chi connectivity index (χ4n) is 1.21. The van der Waals surface area contributed by atoms with E-state index in [2.05, 4.69) is 10.1 Å². The Labute approximate surface area is 104 Å². The Kier molecular flexibility index (Phi) is 4.78. The first-order chi connectivity index (χ1) is 8.02. The summed E-state index contributed by atoms with van der Waals surface area (Å²) in [7, 11) is 0. The van der Waals surface area contributed by atoms with Crippen LogP contribution in [0.15, 0.2) is 18.2 Å². The number of benzene rings is 1. The third kappa shape index (κ3) is 4.32. The number of nitrogens with one attached hydrogen (secondary N) is 1. The van der Waals surface area contributed by atoms with Gasteiger partial charge in [-0.05, 0) is 25.1 Å². The number of ether oxygens (including phenoxy) is 1. The van der Waals surface area contributed by atoms with Gasteiger partial charge in [-0.2, -0.15) is 0 Å². The molecule has 0 unspecified atom stereocenters. The molecule has 92 valence electrons. The van der Waals surface area contributed by atoms with Crippen molar-refractivity contribution in [2.75, 3.05) is 18.9 Å². The molecule has 0 saturated carbocycles. The van der Waals surface area contributed by atoms with Gasteiger partial charge in [0.1, 0.15) is 6.54 Å². The van der Waals surface area contributed by atoms with E-state index >= 15 is 0 Å². The zero-order valence-corrected chi connectivity index (χ0v) is 10.1. The number of rotatable bonds is 4. The Morgan fingerprint density at radius 2 is 2.12 bits per heavy atom. The van der Waals surface area contributed by atoms with Crippen LogP contribution < -0.4 is 11.1 Å². The van der Waals surface area contributed by atoms with Crippen LogP contribution in [0, 0.1) is 0 Å². The average molecular weight is 257 g/mol. The molecular weight excluding hydrogens is 244 g/mol. The maximum absolute atomic E-state index is 11.6. The summed E-state index contributed by atoms with van der Waals surface area (Å²) in [6.07, 6.45) is 0. The van der Waals surface area contributed by atoms with Gasteiger partial charge in [-0.25, -0.2) is 0 Å². The number of hydrogen-bond acceptors (Lipinski definition) is 4. The van der Waals surface area contributed by atoms with Crippen LogP contribution in [0.25, 0.3) is 0 Å². The number of esters is 1. The highest BCUT2D eigenvalue weighted by Crippen LogP contribution is 2.16. The zero-order chi connectivity index (χ0) is 12.8. The van der Waals surface area contributed by atoms with E-state index in [-0.39, 0.29) is 13.2 Å². The summed E-state index contributed by atoms with van der Waals surface area (Å²) in [5.41, 5.74) is 6.24. The largest absolute Gasteiger partial charge is 0.465 e. The quantitative estimate of drug-likeness (QED) is 0.627. The molecule has 0 aliphatic carbocycles. The second-order valence-corrected chi connectivity index (χ2v) is 3.70. The highest BCUT2D eigenvalue weighted by molar-refractivity contribution is 6.31. The van der Waals surface area contributed by atoms with Gasteiger partial charge in [0.2, 0.25) is 0 Å². The van der Waals surface area contributed by atoms with Crippen LogP contribution in [0.1, 0.15) is 17.3 Å². The number of nitrogens with two attached hydrogens (primary N) is 1. The molecule has 1 aromatic carbocycles. The SMILES string of the molecule is CCOC(=O)CNC(=O)c1cc(N)cc(Cl)c1. The van der Waals surface area contributed by atoms with Gasteiger partial charge in [-0.3, -0.25) is 9.59 Å². The maximum atomic E-state index is 11.6. The summed E-state index contributed by atoms with van der Waals surface area (Å²) >= 11 is 5.76. The van der Waals surface area contributed by atoms with Crippen LogP contribution in [0.4, 0.5) is 5.69 Å². The van der Waals surface area contributed by atoms with E-state index in [1.165, 1.54) is 18.2 Å². The molecular formula is C11H13ClN2O3. The Morgan fingerprint density at radius 1 is 1.41 bits per heavy atom. The van der Waals surface area contributed by atoms with E-state index < -0.39 is 11.9 Å². The molecule has 1 rings (SSSR count). The molecule has 1 aromatic rings. The van der Waals surface area contributed by atoms with Gasteiger partial charge in [0, 0.05) is 16.3 Å². The van der Waals surface area contributed by atoms with E-state index in [0.29, 0.717) is 16.3 Å². The van der Waals surface area contributed by atoms with E-state index in [4.69, 9.17) is 17.3 Å². The third-order valence-electron chi connectivity index (χ3n) is 1.88. The van der Waals surface area contributed by atoms with E-state index in [1.807, 2.05) is 0 Å². The molecule has 0 aliphatic heterocycles. The molecule has 0 saturated heterocycles. The maximum Gasteiger partial charge on any atom is 0.325 e. The van der Waals surface area contributed by atoms with Crippen molar-refractivity contribution in [1.82, 2.24) is 5.32 Å². The fraction of sp³-hybridized carbons (Fsp3) is 0.273. The number of amides is 1. The van der Waals surface area contributed by atoms with Crippen molar-refractivity contribution in [3.63, 3.8) is 0 Å². The Morgan fingerprint density at radius 3 is 2.71 bits per heavy atom. The highest BCUT2D eigenvalue weighted by Gasteiger charge is 2.09. The lowest BCUT2D eigenvalue weighted by molar-refractivity contribution is -0.141. The summed E-state index contributed by atoms with van der Waals surface area (Å²) in [5, 5.41) is 2.78. The van der Waals surface area contributed by atoms with Gasteiger partial charge < -0.3 is 15.8 Å². The lowest BCUT2D eigenvalue weighted by atomic mass is 10.2. The third-order valence-corrected chi connectivity index (χ3v) is 2.10. The van der Waals surface area contributed by atoms with Gasteiger partial charge in [0.15, 0.2) is 0 Å². The summed E-state index contributed by atoms with van der Waals surface area (Å²) in [6.45, 7) is 1.79. The van der Waals surface area contributed by atoms with Crippen molar-refractivity contribution in [2.45, 2.75) is 6.92 Å². The number of carbonyl (C=O) groups is 2. The van der Waals surface area contributed by atoms with Crippen LogP contribution in [-0.2, 0) is 9.53 Å². The molecule has 0 heterocycles. The molecule has 0 spiro atoms. The van der Waals surface area contributed by atoms with Crippen molar-refractivity contribution in [2.24, 2.45) is 0 Å². The number of hydrogen-bond donors (Lipinski definition) is 2. The molecule has 0 aromatic heterocycles. The minimum Gasteiger partial charge on any atom is -0.465 e. The van der Waals surface area contributed by atoms with Crippen molar-refractivity contribution < 1.29 is 14.3 Å². The highest BCUT2D eigenvalue weighted by atomic mass is 35.5. The average Bonchev–Trinajstić information content (AvgIpc) is 2.25. The van der Waals surface area contributed by atoms with Gasteiger partial charge in [-0.15, -0.1) is 0 Å². The number of anilines is 1. The number of halogens is 1. The molecule has 1 amide bonds. The molecule has 5 nitrogen and oxygen atoms in total. The lowest BCUT2D eigenvalue weighted by Crippen LogP contribution is -2.30. The predicted molar refractivity (Wildman–Crippen MR) is 64.8 cm³/mol. The minimum absolute atomic E-state index is 0.181. The molecule has 0 radical (unpaired) electrons. The Balaban J connectivity index is 2.61. The summed E-state index contributed by atoms with van der Waals surface area (Å²) < 4.78 is 4.67.